The molecule has 2 nitrogen and oxygen atoms in total. The van der Waals surface area contributed by atoms with Gasteiger partial charge in [0.25, 0.3) is 0 Å². The first kappa shape index (κ1) is 23.2. The fourth-order valence-corrected chi connectivity index (χ4v) is 8.34. The second-order valence-electron chi connectivity index (χ2n) is 11.2. The summed E-state index contributed by atoms with van der Waals surface area (Å²) in [4.78, 5) is 0. The summed E-state index contributed by atoms with van der Waals surface area (Å²) in [5.74, 6) is 0. The van der Waals surface area contributed by atoms with E-state index in [0.717, 1.165) is 38.5 Å². The Kier molecular flexibility index (Phi) is 4.63. The second-order valence-corrected chi connectivity index (χ2v) is 12.3. The standard InChI is InChI=1S/C40H22O2S/c1-3-13-26-24(11-1)36(30-16-9-19-35-37(30)29-15-6-8-18-34(29)43-35)25-12-2-4-14-27(25)38(26)39-28-20-21-41-33(28)22-31-23-10-5-7-17-32(23)42-40(31)39/h1-22H. The van der Waals surface area contributed by atoms with Crippen LogP contribution in [0.4, 0.5) is 0 Å². The molecule has 0 saturated heterocycles. The van der Waals surface area contributed by atoms with Crippen molar-refractivity contribution in [3.63, 3.8) is 0 Å². The molecule has 3 heterocycles. The molecule has 0 amide bonds. The van der Waals surface area contributed by atoms with Gasteiger partial charge in [-0.25, -0.2) is 0 Å². The Morgan fingerprint density at radius 1 is 0.419 bits per heavy atom. The molecule has 0 saturated carbocycles. The van der Waals surface area contributed by atoms with Crippen molar-refractivity contribution in [2.24, 2.45) is 0 Å². The van der Waals surface area contributed by atoms with Gasteiger partial charge in [-0.1, -0.05) is 97.1 Å². The Labute approximate surface area is 250 Å². The summed E-state index contributed by atoms with van der Waals surface area (Å²) in [5.41, 5.74) is 7.43. The molecule has 7 aromatic carbocycles. The lowest BCUT2D eigenvalue weighted by Gasteiger charge is -2.19. The Morgan fingerprint density at radius 2 is 1.05 bits per heavy atom. The van der Waals surface area contributed by atoms with E-state index in [4.69, 9.17) is 8.83 Å². The number of benzene rings is 7. The van der Waals surface area contributed by atoms with Gasteiger partial charge in [0.15, 0.2) is 0 Å². The molecule has 0 atom stereocenters. The van der Waals surface area contributed by atoms with Crippen LogP contribution in [0.2, 0.25) is 0 Å². The van der Waals surface area contributed by atoms with Crippen LogP contribution in [-0.2, 0) is 0 Å². The molecular weight excluding hydrogens is 545 g/mol. The predicted molar refractivity (Wildman–Crippen MR) is 182 cm³/mol. The maximum Gasteiger partial charge on any atom is 0.144 e. The Hall–Kier alpha value is -5.38. The minimum absolute atomic E-state index is 0.862. The Bertz CT molecular complexity index is 2680. The highest BCUT2D eigenvalue weighted by Gasteiger charge is 2.24. The largest absolute Gasteiger partial charge is 0.464 e. The van der Waals surface area contributed by atoms with Gasteiger partial charge in [-0.2, -0.15) is 0 Å². The lowest BCUT2D eigenvalue weighted by atomic mass is 9.84. The third-order valence-electron chi connectivity index (χ3n) is 8.95. The number of para-hydroxylation sites is 1. The van der Waals surface area contributed by atoms with E-state index in [9.17, 15) is 0 Å². The molecule has 3 heteroatoms. The SMILES string of the molecule is c1ccc2c(c1)oc1c(-c3c4ccccc4c(-c4cccc5sc6ccccc6c45)c4ccccc34)c3ccoc3cc12. The van der Waals surface area contributed by atoms with E-state index >= 15 is 0 Å². The number of hydrogen-bond donors (Lipinski definition) is 0. The summed E-state index contributed by atoms with van der Waals surface area (Å²) in [6.45, 7) is 0. The first-order valence-corrected chi connectivity index (χ1v) is 15.3. The van der Waals surface area contributed by atoms with E-state index < -0.39 is 0 Å². The number of rotatable bonds is 2. The number of fused-ring (bicyclic) bond motifs is 9. The van der Waals surface area contributed by atoms with Gasteiger partial charge in [0.2, 0.25) is 0 Å². The van der Waals surface area contributed by atoms with Crippen LogP contribution in [0.5, 0.6) is 0 Å². The zero-order valence-electron chi connectivity index (χ0n) is 22.9. The third-order valence-corrected chi connectivity index (χ3v) is 10.1. The lowest BCUT2D eigenvalue weighted by molar-refractivity contribution is 0.616. The molecule has 10 aromatic rings. The van der Waals surface area contributed by atoms with Crippen molar-refractivity contribution in [3.8, 4) is 22.3 Å². The highest BCUT2D eigenvalue weighted by atomic mass is 32.1. The molecule has 0 unspecified atom stereocenters. The summed E-state index contributed by atoms with van der Waals surface area (Å²) in [6.07, 6.45) is 1.79. The average Bonchev–Trinajstić information content (AvgIpc) is 3.78. The summed E-state index contributed by atoms with van der Waals surface area (Å²) < 4.78 is 15.4. The molecule has 0 N–H and O–H groups in total. The van der Waals surface area contributed by atoms with E-state index in [1.165, 1.54) is 58.4 Å². The summed E-state index contributed by atoms with van der Waals surface area (Å²) in [7, 11) is 0. The average molecular weight is 567 g/mol. The zero-order valence-corrected chi connectivity index (χ0v) is 23.7. The van der Waals surface area contributed by atoms with Crippen LogP contribution in [0.3, 0.4) is 0 Å². The molecule has 43 heavy (non-hydrogen) atoms. The van der Waals surface area contributed by atoms with E-state index in [2.05, 4.69) is 115 Å². The second kappa shape index (κ2) is 8.57. The van der Waals surface area contributed by atoms with Crippen molar-refractivity contribution in [3.05, 3.63) is 134 Å². The van der Waals surface area contributed by atoms with E-state index in [-0.39, 0.29) is 0 Å². The molecule has 3 aromatic heterocycles. The third kappa shape index (κ3) is 3.12. The minimum atomic E-state index is 0.862. The highest BCUT2D eigenvalue weighted by Crippen LogP contribution is 2.51. The summed E-state index contributed by atoms with van der Waals surface area (Å²) >= 11 is 1.86. The van der Waals surface area contributed by atoms with Crippen LogP contribution >= 0.6 is 11.3 Å². The van der Waals surface area contributed by atoms with Gasteiger partial charge in [-0.3, -0.25) is 0 Å². The van der Waals surface area contributed by atoms with Crippen molar-refractivity contribution in [2.75, 3.05) is 0 Å². The van der Waals surface area contributed by atoms with E-state index in [1.54, 1.807) is 6.26 Å². The van der Waals surface area contributed by atoms with Gasteiger partial charge in [-0.15, -0.1) is 11.3 Å². The van der Waals surface area contributed by atoms with Crippen molar-refractivity contribution < 1.29 is 8.83 Å². The molecular formula is C40H22O2S. The summed E-state index contributed by atoms with van der Waals surface area (Å²) in [6, 6.07) is 45.7. The predicted octanol–water partition coefficient (Wildman–Crippen LogP) is 12.3. The first-order chi connectivity index (χ1) is 21.3. The highest BCUT2D eigenvalue weighted by molar-refractivity contribution is 7.25. The van der Waals surface area contributed by atoms with Crippen LogP contribution in [0.1, 0.15) is 0 Å². The van der Waals surface area contributed by atoms with Crippen LogP contribution in [0, 0.1) is 0 Å². The minimum Gasteiger partial charge on any atom is -0.464 e. The molecule has 0 aliphatic carbocycles. The van der Waals surface area contributed by atoms with Crippen molar-refractivity contribution >= 4 is 86.0 Å². The van der Waals surface area contributed by atoms with Crippen molar-refractivity contribution in [1.29, 1.82) is 0 Å². The first-order valence-electron chi connectivity index (χ1n) is 14.5. The molecule has 0 bridgehead atoms. The topological polar surface area (TPSA) is 26.3 Å². The van der Waals surface area contributed by atoms with Gasteiger partial charge in [0, 0.05) is 47.5 Å². The maximum absolute atomic E-state index is 6.68. The van der Waals surface area contributed by atoms with Gasteiger partial charge in [0.1, 0.15) is 16.7 Å². The van der Waals surface area contributed by atoms with Crippen LogP contribution in [0.15, 0.2) is 142 Å². The molecule has 0 spiro atoms. The van der Waals surface area contributed by atoms with Crippen molar-refractivity contribution in [2.45, 2.75) is 0 Å². The zero-order chi connectivity index (χ0) is 28.1. The van der Waals surface area contributed by atoms with Gasteiger partial charge in [0.05, 0.1) is 6.26 Å². The molecule has 0 fully saturated rings. The van der Waals surface area contributed by atoms with Gasteiger partial charge >= 0.3 is 0 Å². The lowest BCUT2D eigenvalue weighted by Crippen LogP contribution is -1.92. The molecule has 0 aliphatic rings. The van der Waals surface area contributed by atoms with Crippen LogP contribution < -0.4 is 0 Å². The van der Waals surface area contributed by atoms with Crippen molar-refractivity contribution in [1.82, 2.24) is 0 Å². The quantitative estimate of drug-likeness (QED) is 0.195. The normalized spacial score (nSPS) is 12.2. The molecule has 10 rings (SSSR count). The Morgan fingerprint density at radius 3 is 1.81 bits per heavy atom. The summed E-state index contributed by atoms with van der Waals surface area (Å²) in [5, 5.41) is 10.7. The molecule has 0 radical (unpaired) electrons. The maximum atomic E-state index is 6.68. The Balaban J connectivity index is 1.43. The molecule has 0 aliphatic heterocycles. The monoisotopic (exact) mass is 566 g/mol. The fraction of sp³-hybridized carbons (Fsp3) is 0. The van der Waals surface area contributed by atoms with E-state index in [0.29, 0.717) is 0 Å². The van der Waals surface area contributed by atoms with E-state index in [1.807, 2.05) is 23.5 Å². The number of hydrogen-bond acceptors (Lipinski definition) is 3. The fourth-order valence-electron chi connectivity index (χ4n) is 7.21. The van der Waals surface area contributed by atoms with Gasteiger partial charge < -0.3 is 8.83 Å². The molecule has 200 valence electrons. The number of thiophene rings is 1. The smallest absolute Gasteiger partial charge is 0.144 e. The number of furan rings is 2. The van der Waals surface area contributed by atoms with Crippen LogP contribution in [-0.4, -0.2) is 0 Å². The van der Waals surface area contributed by atoms with Gasteiger partial charge in [-0.05, 0) is 63.0 Å². The van der Waals surface area contributed by atoms with Crippen LogP contribution in [0.25, 0.3) is 96.9 Å².